The molecule has 1 amide bonds. The van der Waals surface area contributed by atoms with E-state index in [-0.39, 0.29) is 29.9 Å². The smallest absolute Gasteiger partial charge is 0.251 e. The van der Waals surface area contributed by atoms with Gasteiger partial charge >= 0.3 is 0 Å². The van der Waals surface area contributed by atoms with Crippen molar-refractivity contribution in [2.24, 2.45) is 5.92 Å². The summed E-state index contributed by atoms with van der Waals surface area (Å²) in [7, 11) is 0. The molecule has 1 aromatic carbocycles. The van der Waals surface area contributed by atoms with Gasteiger partial charge in [-0.1, -0.05) is 45.1 Å². The van der Waals surface area contributed by atoms with Crippen molar-refractivity contribution in [3.8, 4) is 0 Å². The normalized spacial score (nSPS) is 22.0. The number of nitrogens with one attached hydrogen (secondary N) is 1. The molecule has 2 N–H and O–H groups in total. The third-order valence-electron chi connectivity index (χ3n) is 3.74. The molecule has 0 radical (unpaired) electrons. The van der Waals surface area contributed by atoms with Crippen molar-refractivity contribution in [3.63, 3.8) is 0 Å². The quantitative estimate of drug-likeness (QED) is 0.832. The Morgan fingerprint density at radius 2 is 1.90 bits per heavy atom. The van der Waals surface area contributed by atoms with Crippen molar-refractivity contribution in [1.29, 1.82) is 0 Å². The monoisotopic (exact) mass is 273 g/mol. The molecule has 0 aromatic heterocycles. The van der Waals surface area contributed by atoms with E-state index < -0.39 is 0 Å². The Labute approximate surface area is 120 Å². The Morgan fingerprint density at radius 1 is 1.25 bits per heavy atom. The van der Waals surface area contributed by atoms with E-state index in [0.29, 0.717) is 5.56 Å². The molecule has 0 bridgehead atoms. The molecule has 0 spiro atoms. The second kappa shape index (κ2) is 5.80. The van der Waals surface area contributed by atoms with E-state index in [4.69, 9.17) is 5.11 Å². The summed E-state index contributed by atoms with van der Waals surface area (Å²) in [6, 6.07) is 7.80. The summed E-state index contributed by atoms with van der Waals surface area (Å²) < 4.78 is 0. The van der Waals surface area contributed by atoms with Crippen LogP contribution in [0, 0.1) is 5.92 Å². The summed E-state index contributed by atoms with van der Waals surface area (Å²) in [6.07, 6.45) is 4.71. The van der Waals surface area contributed by atoms with Crippen molar-refractivity contribution in [3.05, 3.63) is 47.5 Å². The van der Waals surface area contributed by atoms with Crippen LogP contribution in [0.15, 0.2) is 36.4 Å². The van der Waals surface area contributed by atoms with E-state index in [9.17, 15) is 4.79 Å². The largest absolute Gasteiger partial charge is 0.396 e. The first kappa shape index (κ1) is 14.8. The Kier molecular flexibility index (Phi) is 4.29. The van der Waals surface area contributed by atoms with Crippen molar-refractivity contribution < 1.29 is 9.90 Å². The molecule has 108 valence electrons. The highest BCUT2D eigenvalue weighted by atomic mass is 16.3. The molecule has 2 rings (SSSR count). The van der Waals surface area contributed by atoms with E-state index in [0.717, 1.165) is 6.42 Å². The van der Waals surface area contributed by atoms with Crippen LogP contribution in [-0.2, 0) is 5.41 Å². The summed E-state index contributed by atoms with van der Waals surface area (Å²) >= 11 is 0. The standard InChI is InChI=1S/C17H23NO2/c1-17(2,3)14-7-5-13(6-8-14)16(20)18-15-9-4-12(10-15)11-19/h4-9,12,15,19H,10-11H2,1-3H3,(H,18,20)/t12-,15+/m0/s1. The lowest BCUT2D eigenvalue weighted by Crippen LogP contribution is -2.32. The van der Waals surface area contributed by atoms with Gasteiger partial charge in [-0.3, -0.25) is 4.79 Å². The second-order valence-electron chi connectivity index (χ2n) is 6.47. The number of carbonyl (C=O) groups is 1. The number of hydrogen-bond acceptors (Lipinski definition) is 2. The summed E-state index contributed by atoms with van der Waals surface area (Å²) in [5.74, 6) is 0.113. The van der Waals surface area contributed by atoms with Gasteiger partial charge in [0, 0.05) is 24.1 Å². The molecule has 0 saturated heterocycles. The lowest BCUT2D eigenvalue weighted by atomic mass is 9.86. The maximum absolute atomic E-state index is 12.1. The van der Waals surface area contributed by atoms with E-state index in [1.54, 1.807) is 0 Å². The van der Waals surface area contributed by atoms with Crippen LogP contribution in [0.4, 0.5) is 0 Å². The third-order valence-corrected chi connectivity index (χ3v) is 3.74. The van der Waals surface area contributed by atoms with Gasteiger partial charge in [0.25, 0.3) is 5.91 Å². The number of benzene rings is 1. The Hall–Kier alpha value is -1.61. The molecule has 1 aliphatic carbocycles. The molecule has 3 nitrogen and oxygen atoms in total. The molecular formula is C17H23NO2. The van der Waals surface area contributed by atoms with Crippen molar-refractivity contribution >= 4 is 5.91 Å². The molecule has 0 unspecified atom stereocenters. The minimum absolute atomic E-state index is 0.0296. The van der Waals surface area contributed by atoms with E-state index in [1.807, 2.05) is 36.4 Å². The van der Waals surface area contributed by atoms with Gasteiger partial charge < -0.3 is 10.4 Å². The molecular weight excluding hydrogens is 250 g/mol. The lowest BCUT2D eigenvalue weighted by Gasteiger charge is -2.19. The Bertz CT molecular complexity index is 497. The number of hydrogen-bond donors (Lipinski definition) is 2. The summed E-state index contributed by atoms with van der Waals surface area (Å²) in [5, 5.41) is 12.1. The van der Waals surface area contributed by atoms with Gasteiger partial charge in [0.05, 0.1) is 0 Å². The number of carbonyl (C=O) groups excluding carboxylic acids is 1. The molecule has 1 aromatic rings. The van der Waals surface area contributed by atoms with E-state index >= 15 is 0 Å². The van der Waals surface area contributed by atoms with E-state index in [1.165, 1.54) is 5.56 Å². The number of rotatable bonds is 3. The zero-order valence-electron chi connectivity index (χ0n) is 12.4. The molecule has 3 heteroatoms. The third kappa shape index (κ3) is 3.48. The lowest BCUT2D eigenvalue weighted by molar-refractivity contribution is 0.0941. The highest BCUT2D eigenvalue weighted by Crippen LogP contribution is 2.22. The molecule has 0 fully saturated rings. The minimum Gasteiger partial charge on any atom is -0.396 e. The van der Waals surface area contributed by atoms with Crippen LogP contribution in [0.3, 0.4) is 0 Å². The van der Waals surface area contributed by atoms with E-state index in [2.05, 4.69) is 26.1 Å². The zero-order valence-corrected chi connectivity index (χ0v) is 12.4. The fourth-order valence-corrected chi connectivity index (χ4v) is 2.39. The minimum atomic E-state index is -0.0568. The maximum Gasteiger partial charge on any atom is 0.251 e. The first-order valence-electron chi connectivity index (χ1n) is 7.11. The van der Waals surface area contributed by atoms with Crippen molar-refractivity contribution in [1.82, 2.24) is 5.32 Å². The average molecular weight is 273 g/mol. The molecule has 0 heterocycles. The first-order valence-corrected chi connectivity index (χ1v) is 7.11. The molecule has 20 heavy (non-hydrogen) atoms. The number of aliphatic hydroxyl groups is 1. The van der Waals surface area contributed by atoms with Crippen LogP contribution in [0.25, 0.3) is 0 Å². The second-order valence-corrected chi connectivity index (χ2v) is 6.47. The number of aliphatic hydroxyl groups excluding tert-OH is 1. The Balaban J connectivity index is 1.98. The van der Waals surface area contributed by atoms with Gasteiger partial charge in [0.2, 0.25) is 0 Å². The van der Waals surface area contributed by atoms with Crippen LogP contribution < -0.4 is 5.32 Å². The van der Waals surface area contributed by atoms with Crippen molar-refractivity contribution in [2.75, 3.05) is 6.61 Å². The fourth-order valence-electron chi connectivity index (χ4n) is 2.39. The van der Waals surface area contributed by atoms with Crippen LogP contribution in [-0.4, -0.2) is 23.7 Å². The summed E-state index contributed by atoms with van der Waals surface area (Å²) in [4.78, 5) is 12.1. The summed E-state index contributed by atoms with van der Waals surface area (Å²) in [5.41, 5.74) is 1.99. The predicted molar refractivity (Wildman–Crippen MR) is 80.7 cm³/mol. The molecule has 0 saturated carbocycles. The SMILES string of the molecule is CC(C)(C)c1ccc(C(=O)N[C@@H]2C=C[C@H](CO)C2)cc1. The van der Waals surface area contributed by atoms with Crippen LogP contribution >= 0.6 is 0 Å². The fraction of sp³-hybridized carbons (Fsp3) is 0.471. The highest BCUT2D eigenvalue weighted by molar-refractivity contribution is 5.94. The highest BCUT2D eigenvalue weighted by Gasteiger charge is 2.20. The first-order chi connectivity index (χ1) is 9.40. The topological polar surface area (TPSA) is 49.3 Å². The van der Waals surface area contributed by atoms with Gasteiger partial charge in [-0.2, -0.15) is 0 Å². The Morgan fingerprint density at radius 3 is 2.40 bits per heavy atom. The molecule has 1 aliphatic rings. The molecule has 0 aliphatic heterocycles. The summed E-state index contributed by atoms with van der Waals surface area (Å²) in [6.45, 7) is 6.60. The van der Waals surface area contributed by atoms with Gasteiger partial charge in [-0.05, 0) is 29.5 Å². The van der Waals surface area contributed by atoms with Crippen molar-refractivity contribution in [2.45, 2.75) is 38.6 Å². The van der Waals surface area contributed by atoms with Crippen LogP contribution in [0.5, 0.6) is 0 Å². The zero-order chi connectivity index (χ0) is 14.8. The van der Waals surface area contributed by atoms with Gasteiger partial charge in [-0.25, -0.2) is 0 Å². The van der Waals surface area contributed by atoms with Gasteiger partial charge in [0.1, 0.15) is 0 Å². The number of amides is 1. The predicted octanol–water partition coefficient (Wildman–Crippen LogP) is 2.65. The van der Waals surface area contributed by atoms with Gasteiger partial charge in [-0.15, -0.1) is 0 Å². The van der Waals surface area contributed by atoms with Gasteiger partial charge in [0.15, 0.2) is 0 Å². The maximum atomic E-state index is 12.1. The average Bonchev–Trinajstić information content (AvgIpc) is 2.85. The molecule has 2 atom stereocenters. The van der Waals surface area contributed by atoms with Crippen LogP contribution in [0.2, 0.25) is 0 Å². The van der Waals surface area contributed by atoms with Crippen LogP contribution in [0.1, 0.15) is 43.1 Å².